The molecule has 31 heavy (non-hydrogen) atoms. The zero-order chi connectivity index (χ0) is 23.1. The number of rotatable bonds is 5. The van der Waals surface area contributed by atoms with E-state index in [0.717, 1.165) is 51.2 Å². The van der Waals surface area contributed by atoms with Crippen LogP contribution in [-0.4, -0.2) is 28.2 Å². The van der Waals surface area contributed by atoms with Crippen LogP contribution in [0.3, 0.4) is 0 Å². The molecule has 0 radical (unpaired) electrons. The van der Waals surface area contributed by atoms with E-state index in [2.05, 4.69) is 25.3 Å². The molecule has 0 saturated heterocycles. The van der Waals surface area contributed by atoms with Crippen molar-refractivity contribution in [3.63, 3.8) is 0 Å². The van der Waals surface area contributed by atoms with Crippen LogP contribution in [0, 0.1) is 20.8 Å². The van der Waals surface area contributed by atoms with Gasteiger partial charge in [-0.05, 0) is 71.7 Å². The highest BCUT2D eigenvalue weighted by atomic mass is 35.5. The zero-order valence-corrected chi connectivity index (χ0v) is 20.3. The van der Waals surface area contributed by atoms with Crippen molar-refractivity contribution in [3.05, 3.63) is 51.8 Å². The molecule has 0 saturated carbocycles. The van der Waals surface area contributed by atoms with Crippen molar-refractivity contribution in [2.45, 2.75) is 66.7 Å². The average Bonchev–Trinajstić information content (AvgIpc) is 2.94. The van der Waals surface area contributed by atoms with Crippen molar-refractivity contribution in [1.29, 1.82) is 0 Å². The second kappa shape index (κ2) is 8.64. The first-order chi connectivity index (χ1) is 14.5. The Hall–Kier alpha value is -2.37. The van der Waals surface area contributed by atoms with Crippen LogP contribution >= 0.6 is 11.6 Å². The van der Waals surface area contributed by atoms with E-state index < -0.39 is 17.7 Å². The Labute approximate surface area is 189 Å². The Morgan fingerprint density at radius 1 is 1.16 bits per heavy atom. The molecule has 3 rings (SSSR count). The van der Waals surface area contributed by atoms with Crippen LogP contribution < -0.4 is 0 Å². The number of ether oxygens (including phenoxy) is 2. The molecule has 0 aliphatic rings. The van der Waals surface area contributed by atoms with E-state index in [-0.39, 0.29) is 0 Å². The lowest BCUT2D eigenvalue weighted by Gasteiger charge is -2.28. The molecule has 1 atom stereocenters. The molecule has 0 N–H and O–H groups in total. The van der Waals surface area contributed by atoms with Crippen LogP contribution in [0.1, 0.15) is 56.3 Å². The summed E-state index contributed by atoms with van der Waals surface area (Å²) in [6.45, 7) is 14.8. The van der Waals surface area contributed by atoms with Gasteiger partial charge in [0, 0.05) is 39.5 Å². The lowest BCUT2D eigenvalue weighted by molar-refractivity contribution is -0.164. The van der Waals surface area contributed by atoms with Gasteiger partial charge in [-0.1, -0.05) is 23.7 Å². The van der Waals surface area contributed by atoms with E-state index in [1.807, 2.05) is 52.0 Å². The fraction of sp³-hybridized carbons (Fsp3) is 0.440. The molecule has 5 nitrogen and oxygen atoms in total. The molecule has 166 valence electrons. The van der Waals surface area contributed by atoms with Gasteiger partial charge in [0.05, 0.1) is 12.7 Å². The highest BCUT2D eigenvalue weighted by Crippen LogP contribution is 2.42. The number of methoxy groups -OCH3 is 1. The molecule has 3 aromatic rings. The number of aryl methyl sites for hydroxylation is 3. The highest BCUT2D eigenvalue weighted by molar-refractivity contribution is 6.30. The quantitative estimate of drug-likeness (QED) is 0.433. The van der Waals surface area contributed by atoms with Gasteiger partial charge in [0.1, 0.15) is 5.65 Å². The fourth-order valence-corrected chi connectivity index (χ4v) is 4.23. The molecular weight excluding hydrogens is 412 g/mol. The summed E-state index contributed by atoms with van der Waals surface area (Å²) in [6, 6.07) is 7.67. The van der Waals surface area contributed by atoms with Gasteiger partial charge in [0.15, 0.2) is 6.10 Å². The first-order valence-electron chi connectivity index (χ1n) is 10.5. The standard InChI is InChI=1S/C25H31ClN2O3/c1-9-28-16(4)14(2)19-21(17-10-12-18(26)13-11-17)20(15(3)27-23(19)28)22(24(29)30-8)31-25(5,6)7/h10-13,22H,9H2,1-8H3/t22-/m0/s1. The van der Waals surface area contributed by atoms with Crippen molar-refractivity contribution in [2.24, 2.45) is 0 Å². The second-order valence-electron chi connectivity index (χ2n) is 8.78. The van der Waals surface area contributed by atoms with Gasteiger partial charge in [-0.25, -0.2) is 9.78 Å². The van der Waals surface area contributed by atoms with Crippen molar-refractivity contribution in [1.82, 2.24) is 9.55 Å². The van der Waals surface area contributed by atoms with Crippen LogP contribution in [-0.2, 0) is 20.8 Å². The number of fused-ring (bicyclic) bond motifs is 1. The summed E-state index contributed by atoms with van der Waals surface area (Å²) in [7, 11) is 1.38. The maximum Gasteiger partial charge on any atom is 0.339 e. The summed E-state index contributed by atoms with van der Waals surface area (Å²) in [5, 5.41) is 1.68. The molecule has 0 fully saturated rings. The van der Waals surface area contributed by atoms with E-state index in [9.17, 15) is 4.79 Å². The van der Waals surface area contributed by atoms with Crippen molar-refractivity contribution in [2.75, 3.05) is 7.11 Å². The summed E-state index contributed by atoms with van der Waals surface area (Å²) in [6.07, 6.45) is -0.905. The number of esters is 1. The minimum atomic E-state index is -0.905. The number of hydrogen-bond donors (Lipinski definition) is 0. The number of carbonyl (C=O) groups excluding carboxylic acids is 1. The minimum Gasteiger partial charge on any atom is -0.467 e. The van der Waals surface area contributed by atoms with E-state index in [1.165, 1.54) is 7.11 Å². The number of nitrogens with zero attached hydrogens (tertiary/aromatic N) is 2. The molecular formula is C25H31ClN2O3. The summed E-state index contributed by atoms with van der Waals surface area (Å²) in [4.78, 5) is 17.9. The van der Waals surface area contributed by atoms with Gasteiger partial charge in [-0.3, -0.25) is 0 Å². The molecule has 1 aromatic carbocycles. The second-order valence-corrected chi connectivity index (χ2v) is 9.22. The Kier molecular flexibility index (Phi) is 6.49. The molecule has 6 heteroatoms. The smallest absolute Gasteiger partial charge is 0.339 e. The van der Waals surface area contributed by atoms with Gasteiger partial charge >= 0.3 is 5.97 Å². The van der Waals surface area contributed by atoms with Gasteiger partial charge in [0.2, 0.25) is 0 Å². The lowest BCUT2D eigenvalue weighted by atomic mass is 9.91. The summed E-state index contributed by atoms with van der Waals surface area (Å²) >= 11 is 6.18. The van der Waals surface area contributed by atoms with Crippen LogP contribution in [0.5, 0.6) is 0 Å². The third kappa shape index (κ3) is 4.35. The van der Waals surface area contributed by atoms with E-state index in [1.54, 1.807) is 0 Å². The molecule has 0 aliphatic heterocycles. The summed E-state index contributed by atoms with van der Waals surface area (Å²) < 4.78 is 13.6. The van der Waals surface area contributed by atoms with Gasteiger partial charge in [0.25, 0.3) is 0 Å². The fourth-order valence-electron chi connectivity index (χ4n) is 4.10. The topological polar surface area (TPSA) is 53.4 Å². The van der Waals surface area contributed by atoms with Crippen molar-refractivity contribution in [3.8, 4) is 11.1 Å². The van der Waals surface area contributed by atoms with E-state index in [4.69, 9.17) is 26.1 Å². The third-order valence-corrected chi connectivity index (χ3v) is 5.83. The third-order valence-electron chi connectivity index (χ3n) is 5.58. The number of aromatic nitrogens is 2. The maximum absolute atomic E-state index is 12.9. The predicted molar refractivity (Wildman–Crippen MR) is 126 cm³/mol. The lowest BCUT2D eigenvalue weighted by Crippen LogP contribution is -2.29. The number of halogens is 1. The van der Waals surface area contributed by atoms with Crippen LogP contribution in [0.15, 0.2) is 24.3 Å². The normalized spacial score (nSPS) is 12.9. The van der Waals surface area contributed by atoms with Gasteiger partial charge in [-0.15, -0.1) is 0 Å². The molecule has 0 spiro atoms. The zero-order valence-electron chi connectivity index (χ0n) is 19.6. The Bertz CT molecular complexity index is 1120. The van der Waals surface area contributed by atoms with Crippen molar-refractivity contribution >= 4 is 28.6 Å². The van der Waals surface area contributed by atoms with Gasteiger partial charge in [-0.2, -0.15) is 0 Å². The number of carbonyl (C=O) groups is 1. The van der Waals surface area contributed by atoms with E-state index in [0.29, 0.717) is 5.02 Å². The summed E-state index contributed by atoms with van der Waals surface area (Å²) in [5.41, 5.74) is 6.00. The SMILES string of the molecule is CCn1c(C)c(C)c2c(-c3ccc(Cl)cc3)c([C@H](OC(C)(C)C)C(=O)OC)c(C)nc21. The van der Waals surface area contributed by atoms with Crippen LogP contribution in [0.4, 0.5) is 0 Å². The number of benzene rings is 1. The monoisotopic (exact) mass is 442 g/mol. The molecule has 2 aromatic heterocycles. The Morgan fingerprint density at radius 2 is 1.77 bits per heavy atom. The van der Waals surface area contributed by atoms with E-state index >= 15 is 0 Å². The van der Waals surface area contributed by atoms with Gasteiger partial charge < -0.3 is 14.0 Å². The molecule has 2 heterocycles. The molecule has 0 bridgehead atoms. The molecule has 0 amide bonds. The van der Waals surface area contributed by atoms with Crippen LogP contribution in [0.2, 0.25) is 5.02 Å². The average molecular weight is 443 g/mol. The molecule has 0 aliphatic carbocycles. The predicted octanol–water partition coefficient (Wildman–Crippen LogP) is 6.33. The first kappa shape index (κ1) is 23.3. The number of pyridine rings is 1. The minimum absolute atomic E-state index is 0.446. The number of hydrogen-bond acceptors (Lipinski definition) is 4. The van der Waals surface area contributed by atoms with Crippen LogP contribution in [0.25, 0.3) is 22.2 Å². The Balaban J connectivity index is 2.49. The summed E-state index contributed by atoms with van der Waals surface area (Å²) in [5.74, 6) is -0.446. The maximum atomic E-state index is 12.9. The largest absolute Gasteiger partial charge is 0.467 e. The first-order valence-corrected chi connectivity index (χ1v) is 10.9. The Morgan fingerprint density at radius 3 is 2.29 bits per heavy atom. The highest BCUT2D eigenvalue weighted by Gasteiger charge is 2.34. The molecule has 0 unspecified atom stereocenters. The van der Waals surface area contributed by atoms with Crippen molar-refractivity contribution < 1.29 is 14.3 Å².